The van der Waals surface area contributed by atoms with Gasteiger partial charge in [0.05, 0.1) is 0 Å². The van der Waals surface area contributed by atoms with Crippen LogP contribution in [0.4, 0.5) is 0 Å². The molecule has 0 unspecified atom stereocenters. The number of phenols is 1. The van der Waals surface area contributed by atoms with E-state index >= 15 is 0 Å². The average Bonchev–Trinajstić information content (AvgIpc) is 2.62. The van der Waals surface area contributed by atoms with Gasteiger partial charge in [0, 0.05) is 5.56 Å². The monoisotopic (exact) mass is 296 g/mol. The summed E-state index contributed by atoms with van der Waals surface area (Å²) >= 11 is 0. The van der Waals surface area contributed by atoms with Crippen molar-refractivity contribution < 1.29 is 5.11 Å². The van der Waals surface area contributed by atoms with Crippen LogP contribution in [0.25, 0.3) is 33.0 Å². The van der Waals surface area contributed by atoms with Gasteiger partial charge in [-0.15, -0.1) is 0 Å². The first-order valence-corrected chi connectivity index (χ1v) is 7.70. The van der Waals surface area contributed by atoms with E-state index in [0.29, 0.717) is 5.75 Å². The molecule has 1 heteroatoms. The molecule has 4 aromatic carbocycles. The molecule has 1 nitrogen and oxygen atoms in total. The summed E-state index contributed by atoms with van der Waals surface area (Å²) < 4.78 is 0. The number of hydrogen-bond acceptors (Lipinski definition) is 1. The Balaban J connectivity index is 2.05. The summed E-state index contributed by atoms with van der Waals surface area (Å²) in [5.41, 5.74) is 4.28. The van der Waals surface area contributed by atoms with Gasteiger partial charge >= 0.3 is 0 Å². The lowest BCUT2D eigenvalue weighted by atomic mass is 9.92. The van der Waals surface area contributed by atoms with Gasteiger partial charge in [-0.3, -0.25) is 0 Å². The third-order valence-corrected chi connectivity index (χ3v) is 4.19. The maximum Gasteiger partial charge on any atom is 0.124 e. The van der Waals surface area contributed by atoms with Crippen LogP contribution in [0.15, 0.2) is 91.0 Å². The summed E-state index contributed by atoms with van der Waals surface area (Å²) in [5.74, 6) is 0.314. The van der Waals surface area contributed by atoms with E-state index in [1.165, 1.54) is 11.1 Å². The van der Waals surface area contributed by atoms with E-state index in [4.69, 9.17) is 0 Å². The fourth-order valence-corrected chi connectivity index (χ4v) is 3.12. The molecule has 23 heavy (non-hydrogen) atoms. The molecule has 4 rings (SSSR count). The Morgan fingerprint density at radius 3 is 1.83 bits per heavy atom. The van der Waals surface area contributed by atoms with Crippen molar-refractivity contribution in [1.82, 2.24) is 0 Å². The Kier molecular flexibility index (Phi) is 3.32. The van der Waals surface area contributed by atoms with Gasteiger partial charge in [-0.05, 0) is 33.5 Å². The van der Waals surface area contributed by atoms with Crippen LogP contribution in [0, 0.1) is 0 Å². The molecule has 0 aliphatic carbocycles. The van der Waals surface area contributed by atoms with Crippen LogP contribution in [0.3, 0.4) is 0 Å². The SMILES string of the molecule is Oc1ccc2c(-c3ccccc3)cccc2c1-c1ccccc1. The smallest absolute Gasteiger partial charge is 0.124 e. The maximum absolute atomic E-state index is 10.4. The normalized spacial score (nSPS) is 10.8. The van der Waals surface area contributed by atoms with Crippen LogP contribution in [0.5, 0.6) is 5.75 Å². The van der Waals surface area contributed by atoms with Gasteiger partial charge in [0.25, 0.3) is 0 Å². The standard InChI is InChI=1S/C22H16O/c23-21-15-14-19-18(16-8-3-1-4-9-16)12-7-13-20(19)22(21)17-10-5-2-6-11-17/h1-15,23H. The van der Waals surface area contributed by atoms with Crippen LogP contribution in [-0.4, -0.2) is 5.11 Å². The molecule has 4 aromatic rings. The quantitative estimate of drug-likeness (QED) is 0.490. The van der Waals surface area contributed by atoms with Crippen molar-refractivity contribution in [3.63, 3.8) is 0 Å². The highest BCUT2D eigenvalue weighted by molar-refractivity contribution is 6.06. The Hall–Kier alpha value is -3.06. The summed E-state index contributed by atoms with van der Waals surface area (Å²) in [6.07, 6.45) is 0. The second-order valence-corrected chi connectivity index (χ2v) is 5.59. The third-order valence-electron chi connectivity index (χ3n) is 4.19. The minimum absolute atomic E-state index is 0.314. The fourth-order valence-electron chi connectivity index (χ4n) is 3.12. The molecule has 0 fully saturated rings. The molecule has 0 saturated carbocycles. The second kappa shape index (κ2) is 5.62. The molecular weight excluding hydrogens is 280 g/mol. The van der Waals surface area contributed by atoms with E-state index in [1.807, 2.05) is 54.6 Å². The first-order chi connectivity index (χ1) is 11.3. The number of rotatable bonds is 2. The zero-order valence-corrected chi connectivity index (χ0v) is 12.6. The molecule has 0 aliphatic rings. The van der Waals surface area contributed by atoms with Gasteiger partial charge < -0.3 is 5.11 Å². The van der Waals surface area contributed by atoms with E-state index in [2.05, 4.69) is 30.3 Å². The highest BCUT2D eigenvalue weighted by Crippen LogP contribution is 2.39. The number of fused-ring (bicyclic) bond motifs is 1. The Morgan fingerprint density at radius 2 is 1.13 bits per heavy atom. The van der Waals surface area contributed by atoms with Gasteiger partial charge in [-0.25, -0.2) is 0 Å². The van der Waals surface area contributed by atoms with Gasteiger partial charge in [-0.1, -0.05) is 84.9 Å². The Bertz CT molecular complexity index is 957. The summed E-state index contributed by atoms with van der Waals surface area (Å²) in [5, 5.41) is 12.6. The molecule has 1 N–H and O–H groups in total. The van der Waals surface area contributed by atoms with Crippen LogP contribution in [0.2, 0.25) is 0 Å². The largest absolute Gasteiger partial charge is 0.507 e. The van der Waals surface area contributed by atoms with Crippen molar-refractivity contribution in [2.45, 2.75) is 0 Å². The summed E-state index contributed by atoms with van der Waals surface area (Å²) in [6, 6.07) is 30.4. The van der Waals surface area contributed by atoms with Crippen LogP contribution < -0.4 is 0 Å². The van der Waals surface area contributed by atoms with Crippen molar-refractivity contribution in [3.8, 4) is 28.0 Å². The topological polar surface area (TPSA) is 20.2 Å². The lowest BCUT2D eigenvalue weighted by Gasteiger charge is -2.13. The molecule has 0 aliphatic heterocycles. The fraction of sp³-hybridized carbons (Fsp3) is 0. The van der Waals surface area contributed by atoms with E-state index in [9.17, 15) is 5.11 Å². The molecule has 0 atom stereocenters. The molecule has 0 spiro atoms. The van der Waals surface area contributed by atoms with Crippen molar-refractivity contribution in [1.29, 1.82) is 0 Å². The highest BCUT2D eigenvalue weighted by atomic mass is 16.3. The molecule has 0 saturated heterocycles. The maximum atomic E-state index is 10.4. The minimum atomic E-state index is 0.314. The van der Waals surface area contributed by atoms with Crippen molar-refractivity contribution in [2.75, 3.05) is 0 Å². The number of aromatic hydroxyl groups is 1. The zero-order valence-electron chi connectivity index (χ0n) is 12.6. The van der Waals surface area contributed by atoms with Gasteiger partial charge in [0.15, 0.2) is 0 Å². The van der Waals surface area contributed by atoms with Crippen LogP contribution >= 0.6 is 0 Å². The average molecular weight is 296 g/mol. The predicted octanol–water partition coefficient (Wildman–Crippen LogP) is 5.88. The van der Waals surface area contributed by atoms with Crippen LogP contribution in [0.1, 0.15) is 0 Å². The molecule has 0 radical (unpaired) electrons. The van der Waals surface area contributed by atoms with Crippen molar-refractivity contribution in [3.05, 3.63) is 91.0 Å². The Morgan fingerprint density at radius 1 is 0.478 bits per heavy atom. The zero-order chi connectivity index (χ0) is 15.6. The molecular formula is C22H16O. The first-order valence-electron chi connectivity index (χ1n) is 7.70. The van der Waals surface area contributed by atoms with Crippen LogP contribution in [-0.2, 0) is 0 Å². The van der Waals surface area contributed by atoms with Crippen molar-refractivity contribution >= 4 is 10.8 Å². The summed E-state index contributed by atoms with van der Waals surface area (Å²) in [7, 11) is 0. The third kappa shape index (κ3) is 2.36. The van der Waals surface area contributed by atoms with Gasteiger partial charge in [0.2, 0.25) is 0 Å². The summed E-state index contributed by atoms with van der Waals surface area (Å²) in [4.78, 5) is 0. The molecule has 0 heterocycles. The second-order valence-electron chi connectivity index (χ2n) is 5.59. The number of phenolic OH excluding ortho intramolecular Hbond substituents is 1. The van der Waals surface area contributed by atoms with E-state index in [0.717, 1.165) is 21.9 Å². The van der Waals surface area contributed by atoms with Gasteiger partial charge in [-0.2, -0.15) is 0 Å². The number of benzene rings is 4. The first kappa shape index (κ1) is 13.6. The molecule has 110 valence electrons. The predicted molar refractivity (Wildman–Crippen MR) is 96.5 cm³/mol. The van der Waals surface area contributed by atoms with Crippen molar-refractivity contribution in [2.24, 2.45) is 0 Å². The minimum Gasteiger partial charge on any atom is -0.507 e. The van der Waals surface area contributed by atoms with E-state index < -0.39 is 0 Å². The Labute approximate surface area is 135 Å². The molecule has 0 amide bonds. The lowest BCUT2D eigenvalue weighted by Crippen LogP contribution is -1.86. The molecule has 0 bridgehead atoms. The lowest BCUT2D eigenvalue weighted by molar-refractivity contribution is 0.478. The molecule has 0 aromatic heterocycles. The highest BCUT2D eigenvalue weighted by Gasteiger charge is 2.12. The summed E-state index contributed by atoms with van der Waals surface area (Å²) in [6.45, 7) is 0. The van der Waals surface area contributed by atoms with E-state index in [-0.39, 0.29) is 0 Å². The van der Waals surface area contributed by atoms with E-state index in [1.54, 1.807) is 6.07 Å². The van der Waals surface area contributed by atoms with Gasteiger partial charge in [0.1, 0.15) is 5.75 Å². The number of hydrogen-bond donors (Lipinski definition) is 1.